The van der Waals surface area contributed by atoms with Gasteiger partial charge in [-0.15, -0.1) is 11.6 Å². The Morgan fingerprint density at radius 2 is 1.77 bits per heavy atom. The number of benzene rings is 1. The van der Waals surface area contributed by atoms with Crippen LogP contribution < -0.4 is 4.90 Å². The van der Waals surface area contributed by atoms with Gasteiger partial charge in [0.1, 0.15) is 0 Å². The molecule has 7 heteroatoms. The second-order valence-electron chi connectivity index (χ2n) is 5.11. The molecule has 120 valence electrons. The lowest BCUT2D eigenvalue weighted by Crippen LogP contribution is -2.23. The molecule has 0 saturated heterocycles. The summed E-state index contributed by atoms with van der Waals surface area (Å²) in [7, 11) is 3.11. The summed E-state index contributed by atoms with van der Waals surface area (Å²) < 4.78 is 40.8. The first-order valence-corrected chi connectivity index (χ1v) is 7.58. The molecule has 22 heavy (non-hydrogen) atoms. The highest BCUT2D eigenvalue weighted by Gasteiger charge is 2.41. The van der Waals surface area contributed by atoms with Gasteiger partial charge in [-0.1, -0.05) is 41.4 Å². The Morgan fingerprint density at radius 3 is 2.32 bits per heavy atom. The van der Waals surface area contributed by atoms with Crippen molar-refractivity contribution in [2.75, 3.05) is 19.0 Å². The first-order valence-electron chi connectivity index (χ1n) is 6.39. The van der Waals surface area contributed by atoms with Crippen LogP contribution in [0.4, 0.5) is 18.9 Å². The normalized spacial score (nSPS) is 22.2. The molecule has 2 atom stereocenters. The number of nitrogens with zero attached hydrogens (tertiary/aromatic N) is 1. The standard InChI is InChI=1S/C15H13Cl3F3N/c1-22(2)11-5-3-4-8(13(11)15(19,20)21)12-9(16)6-7-10(17)14(12)18/h3-7,9,12H,1-2H3. The molecular formula is C15H13Cl3F3N. The highest BCUT2D eigenvalue weighted by atomic mass is 35.5. The van der Waals surface area contributed by atoms with Gasteiger partial charge >= 0.3 is 6.18 Å². The number of anilines is 1. The van der Waals surface area contributed by atoms with Crippen LogP contribution in [0.3, 0.4) is 0 Å². The van der Waals surface area contributed by atoms with Gasteiger partial charge in [0.05, 0.1) is 16.0 Å². The molecule has 0 aliphatic heterocycles. The van der Waals surface area contributed by atoms with Gasteiger partial charge in [0.25, 0.3) is 0 Å². The molecule has 2 unspecified atom stereocenters. The van der Waals surface area contributed by atoms with Gasteiger partial charge in [0.15, 0.2) is 0 Å². The Balaban J connectivity index is 2.71. The summed E-state index contributed by atoms with van der Waals surface area (Å²) in [4.78, 5) is 1.41. The molecule has 0 radical (unpaired) electrons. The van der Waals surface area contributed by atoms with E-state index in [1.54, 1.807) is 26.2 Å². The van der Waals surface area contributed by atoms with E-state index >= 15 is 0 Å². The van der Waals surface area contributed by atoms with E-state index < -0.39 is 23.0 Å². The average molecular weight is 371 g/mol. The third-order valence-electron chi connectivity index (χ3n) is 3.42. The topological polar surface area (TPSA) is 3.24 Å². The third-order valence-corrected chi connectivity index (χ3v) is 4.68. The van der Waals surface area contributed by atoms with Gasteiger partial charge in [-0.25, -0.2) is 0 Å². The van der Waals surface area contributed by atoms with Gasteiger partial charge in [-0.05, 0) is 17.7 Å². The van der Waals surface area contributed by atoms with Gasteiger partial charge < -0.3 is 4.90 Å². The summed E-state index contributed by atoms with van der Waals surface area (Å²) in [5.41, 5.74) is -0.663. The van der Waals surface area contributed by atoms with E-state index in [4.69, 9.17) is 34.8 Å². The monoisotopic (exact) mass is 369 g/mol. The number of hydrogen-bond acceptors (Lipinski definition) is 1. The molecule has 0 amide bonds. The van der Waals surface area contributed by atoms with Crippen LogP contribution in [0.2, 0.25) is 0 Å². The summed E-state index contributed by atoms with van der Waals surface area (Å²) in [6, 6.07) is 4.36. The van der Waals surface area contributed by atoms with E-state index in [9.17, 15) is 13.2 Å². The van der Waals surface area contributed by atoms with Crippen LogP contribution in [0.1, 0.15) is 17.0 Å². The van der Waals surface area contributed by atoms with Crippen molar-refractivity contribution in [2.45, 2.75) is 17.5 Å². The largest absolute Gasteiger partial charge is 0.418 e. The molecule has 1 nitrogen and oxygen atoms in total. The van der Waals surface area contributed by atoms with E-state index in [1.807, 2.05) is 0 Å². The van der Waals surface area contributed by atoms with Gasteiger partial charge in [0, 0.05) is 30.7 Å². The van der Waals surface area contributed by atoms with Crippen molar-refractivity contribution >= 4 is 40.5 Å². The minimum atomic E-state index is -4.53. The van der Waals surface area contributed by atoms with E-state index in [1.165, 1.54) is 23.1 Å². The maximum atomic E-state index is 13.6. The fraction of sp³-hybridized carbons (Fsp3) is 0.333. The van der Waals surface area contributed by atoms with Crippen LogP contribution in [0.15, 0.2) is 40.4 Å². The van der Waals surface area contributed by atoms with E-state index in [0.29, 0.717) is 0 Å². The minimum Gasteiger partial charge on any atom is -0.377 e. The zero-order valence-electron chi connectivity index (χ0n) is 11.8. The first kappa shape index (κ1) is 17.5. The summed E-state index contributed by atoms with van der Waals surface area (Å²) in [5, 5.41) is -0.383. The predicted octanol–water partition coefficient (Wildman–Crippen LogP) is 5.72. The number of rotatable bonds is 2. The van der Waals surface area contributed by atoms with Crippen molar-refractivity contribution < 1.29 is 13.2 Å². The lowest BCUT2D eigenvalue weighted by molar-refractivity contribution is -0.137. The van der Waals surface area contributed by atoms with Crippen molar-refractivity contribution in [3.63, 3.8) is 0 Å². The molecule has 0 bridgehead atoms. The summed E-state index contributed by atoms with van der Waals surface area (Å²) >= 11 is 18.3. The smallest absolute Gasteiger partial charge is 0.377 e. The fourth-order valence-electron chi connectivity index (χ4n) is 2.46. The fourth-order valence-corrected chi connectivity index (χ4v) is 3.37. The highest BCUT2D eigenvalue weighted by molar-refractivity contribution is 6.41. The van der Waals surface area contributed by atoms with Crippen molar-refractivity contribution in [1.82, 2.24) is 0 Å². The zero-order valence-corrected chi connectivity index (χ0v) is 14.0. The zero-order chi connectivity index (χ0) is 16.7. The quantitative estimate of drug-likeness (QED) is 0.602. The minimum absolute atomic E-state index is 0.0196. The number of alkyl halides is 4. The first-order chi connectivity index (χ1) is 10.1. The second kappa shape index (κ2) is 6.34. The lowest BCUT2D eigenvalue weighted by Gasteiger charge is -2.29. The van der Waals surface area contributed by atoms with E-state index in [0.717, 1.165) is 0 Å². The van der Waals surface area contributed by atoms with Gasteiger partial charge in [-0.2, -0.15) is 13.2 Å². The van der Waals surface area contributed by atoms with Crippen molar-refractivity contribution in [3.8, 4) is 0 Å². The summed E-state index contributed by atoms with van der Waals surface area (Å²) in [6.07, 6.45) is -1.48. The van der Waals surface area contributed by atoms with Crippen LogP contribution in [0, 0.1) is 0 Å². The molecule has 0 heterocycles. The van der Waals surface area contributed by atoms with Crippen molar-refractivity contribution in [1.29, 1.82) is 0 Å². The molecule has 1 aliphatic carbocycles. The van der Waals surface area contributed by atoms with Crippen LogP contribution in [-0.4, -0.2) is 19.5 Å². The van der Waals surface area contributed by atoms with Crippen LogP contribution >= 0.6 is 34.8 Å². The molecule has 1 aliphatic rings. The van der Waals surface area contributed by atoms with Crippen molar-refractivity contribution in [2.24, 2.45) is 0 Å². The predicted molar refractivity (Wildman–Crippen MR) is 86.0 cm³/mol. The molecule has 0 N–H and O–H groups in total. The summed E-state index contributed by atoms with van der Waals surface area (Å²) in [5.74, 6) is -0.836. The molecule has 0 saturated carbocycles. The van der Waals surface area contributed by atoms with Crippen molar-refractivity contribution in [3.05, 3.63) is 51.5 Å². The highest BCUT2D eigenvalue weighted by Crippen LogP contribution is 2.47. The van der Waals surface area contributed by atoms with Gasteiger partial charge in [-0.3, -0.25) is 0 Å². The Labute approximate surface area is 141 Å². The number of allylic oxidation sites excluding steroid dienone is 4. The van der Waals surface area contributed by atoms with Gasteiger partial charge in [0.2, 0.25) is 0 Å². The number of halogens is 6. The maximum absolute atomic E-state index is 13.6. The molecule has 1 aromatic rings. The molecule has 1 aromatic carbocycles. The molecule has 0 fully saturated rings. The second-order valence-corrected chi connectivity index (χ2v) is 6.43. The average Bonchev–Trinajstić information content (AvgIpc) is 2.42. The Morgan fingerprint density at radius 1 is 1.14 bits per heavy atom. The Hall–Kier alpha value is -0.840. The number of hydrogen-bond donors (Lipinski definition) is 0. The Kier molecular flexibility index (Phi) is 5.05. The SMILES string of the molecule is CN(C)c1cccc(C2C(Cl)=C(Cl)C=CC2Cl)c1C(F)(F)F. The van der Waals surface area contributed by atoms with Crippen LogP contribution in [-0.2, 0) is 6.18 Å². The third kappa shape index (κ3) is 3.24. The van der Waals surface area contributed by atoms with E-state index in [-0.39, 0.29) is 21.3 Å². The molecule has 2 rings (SSSR count). The maximum Gasteiger partial charge on any atom is 0.418 e. The summed E-state index contributed by atoms with van der Waals surface area (Å²) in [6.45, 7) is 0. The lowest BCUT2D eigenvalue weighted by atomic mass is 9.87. The van der Waals surface area contributed by atoms with E-state index in [2.05, 4.69) is 0 Å². The molecule has 0 spiro atoms. The van der Waals surface area contributed by atoms with Crippen LogP contribution in [0.5, 0.6) is 0 Å². The molecule has 0 aromatic heterocycles. The van der Waals surface area contributed by atoms with Crippen LogP contribution in [0.25, 0.3) is 0 Å². The molecular weight excluding hydrogens is 358 g/mol. The Bertz CT molecular complexity index is 635.